The lowest BCUT2D eigenvalue weighted by Gasteiger charge is -2.12. The van der Waals surface area contributed by atoms with E-state index in [1.54, 1.807) is 0 Å². The van der Waals surface area contributed by atoms with E-state index in [1.165, 1.54) is 0 Å². The van der Waals surface area contributed by atoms with Crippen molar-refractivity contribution in [3.63, 3.8) is 0 Å². The van der Waals surface area contributed by atoms with Crippen LogP contribution in [0.5, 0.6) is 0 Å². The number of carbonyl (C=O) groups excluding carboxylic acids is 1. The van der Waals surface area contributed by atoms with Crippen LogP contribution in [0.3, 0.4) is 0 Å². The van der Waals surface area contributed by atoms with E-state index in [1.807, 2.05) is 6.92 Å². The highest BCUT2D eigenvalue weighted by molar-refractivity contribution is 5.78. The highest BCUT2D eigenvalue weighted by Gasteiger charge is 2.10. The zero-order valence-corrected chi connectivity index (χ0v) is 10.4. The fourth-order valence-corrected chi connectivity index (χ4v) is 1.52. The van der Waals surface area contributed by atoms with Gasteiger partial charge in [-0.3, -0.25) is 4.79 Å². The van der Waals surface area contributed by atoms with E-state index in [0.29, 0.717) is 5.92 Å². The van der Waals surface area contributed by atoms with Crippen LogP contribution < -0.4 is 11.1 Å². The summed E-state index contributed by atoms with van der Waals surface area (Å²) < 4.78 is 0. The number of hydrogen-bond acceptors (Lipinski definition) is 2. The summed E-state index contributed by atoms with van der Waals surface area (Å²) in [6, 6.07) is 0. The molecule has 90 valence electrons. The lowest BCUT2D eigenvalue weighted by atomic mass is 10.0. The predicted molar refractivity (Wildman–Crippen MR) is 64.5 cm³/mol. The van der Waals surface area contributed by atoms with Gasteiger partial charge in [-0.1, -0.05) is 27.2 Å². The molecule has 0 aromatic rings. The van der Waals surface area contributed by atoms with Gasteiger partial charge in [0.25, 0.3) is 0 Å². The van der Waals surface area contributed by atoms with Crippen molar-refractivity contribution in [3.05, 3.63) is 0 Å². The Morgan fingerprint density at radius 2 is 2.00 bits per heavy atom. The minimum atomic E-state index is 0.155. The molecule has 0 radical (unpaired) electrons. The lowest BCUT2D eigenvalue weighted by Crippen LogP contribution is -2.30. The Bertz CT molecular complexity index is 171. The smallest absolute Gasteiger partial charge is 0.222 e. The molecule has 2 unspecified atom stereocenters. The van der Waals surface area contributed by atoms with E-state index in [2.05, 4.69) is 19.2 Å². The largest absolute Gasteiger partial charge is 0.356 e. The van der Waals surface area contributed by atoms with Crippen LogP contribution >= 0.6 is 0 Å². The molecule has 0 aliphatic heterocycles. The number of nitrogens with one attached hydrogen (secondary N) is 1. The summed E-state index contributed by atoms with van der Waals surface area (Å²) in [5.74, 6) is 0.911. The van der Waals surface area contributed by atoms with Crippen molar-refractivity contribution in [1.82, 2.24) is 5.32 Å². The van der Waals surface area contributed by atoms with Gasteiger partial charge in [0.2, 0.25) is 5.91 Å². The van der Waals surface area contributed by atoms with Crippen LogP contribution in [0.2, 0.25) is 0 Å². The monoisotopic (exact) mass is 214 g/mol. The molecular weight excluding hydrogens is 188 g/mol. The van der Waals surface area contributed by atoms with Gasteiger partial charge in [-0.15, -0.1) is 0 Å². The molecule has 0 heterocycles. The second-order valence-corrected chi connectivity index (χ2v) is 4.46. The Balaban J connectivity index is 3.46. The first kappa shape index (κ1) is 14.4. The first-order chi connectivity index (χ1) is 7.11. The second kappa shape index (κ2) is 8.72. The van der Waals surface area contributed by atoms with Gasteiger partial charge in [0.15, 0.2) is 0 Å². The van der Waals surface area contributed by atoms with Gasteiger partial charge in [-0.2, -0.15) is 0 Å². The fraction of sp³-hybridized carbons (Fsp3) is 0.917. The molecular formula is C12H26N2O. The lowest BCUT2D eigenvalue weighted by molar-refractivity contribution is -0.124. The zero-order valence-electron chi connectivity index (χ0n) is 10.4. The van der Waals surface area contributed by atoms with E-state index < -0.39 is 0 Å². The van der Waals surface area contributed by atoms with Crippen molar-refractivity contribution in [1.29, 1.82) is 0 Å². The molecule has 0 saturated carbocycles. The molecule has 0 spiro atoms. The molecule has 0 aliphatic rings. The first-order valence-electron chi connectivity index (χ1n) is 6.09. The summed E-state index contributed by atoms with van der Waals surface area (Å²) in [4.78, 5) is 11.5. The van der Waals surface area contributed by atoms with Gasteiger partial charge >= 0.3 is 0 Å². The average molecular weight is 214 g/mol. The highest BCUT2D eigenvalue weighted by atomic mass is 16.1. The fourth-order valence-electron chi connectivity index (χ4n) is 1.52. The third kappa shape index (κ3) is 7.37. The normalized spacial score (nSPS) is 14.7. The topological polar surface area (TPSA) is 55.1 Å². The molecule has 0 fully saturated rings. The molecule has 0 saturated heterocycles. The van der Waals surface area contributed by atoms with E-state index in [-0.39, 0.29) is 11.8 Å². The zero-order chi connectivity index (χ0) is 11.7. The quantitative estimate of drug-likeness (QED) is 0.606. The summed E-state index contributed by atoms with van der Waals surface area (Å²) in [5.41, 5.74) is 5.51. The molecule has 3 nitrogen and oxygen atoms in total. The number of hydrogen-bond donors (Lipinski definition) is 2. The maximum absolute atomic E-state index is 11.5. The Labute approximate surface area is 93.8 Å². The van der Waals surface area contributed by atoms with Crippen molar-refractivity contribution in [2.24, 2.45) is 17.6 Å². The van der Waals surface area contributed by atoms with Crippen LogP contribution in [0.15, 0.2) is 0 Å². The van der Waals surface area contributed by atoms with E-state index in [9.17, 15) is 4.79 Å². The predicted octanol–water partition coefficient (Wildman–Crippen LogP) is 1.91. The summed E-state index contributed by atoms with van der Waals surface area (Å²) in [6.45, 7) is 7.76. The SMILES string of the molecule is CCCC(C)C(=O)NCCCC(C)CN. The van der Waals surface area contributed by atoms with Gasteiger partial charge in [0.05, 0.1) is 0 Å². The number of carbonyl (C=O) groups is 1. The number of nitrogens with two attached hydrogens (primary N) is 1. The molecule has 0 aliphatic carbocycles. The van der Waals surface area contributed by atoms with E-state index in [0.717, 1.165) is 38.8 Å². The van der Waals surface area contributed by atoms with Gasteiger partial charge in [-0.25, -0.2) is 0 Å². The molecule has 0 rings (SSSR count). The van der Waals surface area contributed by atoms with Crippen LogP contribution in [0.1, 0.15) is 46.5 Å². The van der Waals surface area contributed by atoms with Crippen LogP contribution in [0.4, 0.5) is 0 Å². The van der Waals surface area contributed by atoms with Crippen molar-refractivity contribution in [2.75, 3.05) is 13.1 Å². The number of amides is 1. The summed E-state index contributed by atoms with van der Waals surface area (Å²) in [7, 11) is 0. The summed E-state index contributed by atoms with van der Waals surface area (Å²) >= 11 is 0. The standard InChI is InChI=1S/C12H26N2O/c1-4-6-11(3)12(15)14-8-5-7-10(2)9-13/h10-11H,4-9,13H2,1-3H3,(H,14,15). The minimum Gasteiger partial charge on any atom is -0.356 e. The molecule has 0 bridgehead atoms. The second-order valence-electron chi connectivity index (χ2n) is 4.46. The average Bonchev–Trinajstić information content (AvgIpc) is 2.23. The molecule has 1 amide bonds. The third-order valence-corrected chi connectivity index (χ3v) is 2.74. The van der Waals surface area contributed by atoms with Crippen molar-refractivity contribution < 1.29 is 4.79 Å². The van der Waals surface area contributed by atoms with Crippen molar-refractivity contribution in [2.45, 2.75) is 46.5 Å². The molecule has 3 heteroatoms. The Hall–Kier alpha value is -0.570. The van der Waals surface area contributed by atoms with Crippen LogP contribution in [-0.4, -0.2) is 19.0 Å². The summed E-state index contributed by atoms with van der Waals surface area (Å²) in [6.07, 6.45) is 4.17. The van der Waals surface area contributed by atoms with Crippen LogP contribution in [0, 0.1) is 11.8 Å². The van der Waals surface area contributed by atoms with Crippen molar-refractivity contribution in [3.8, 4) is 0 Å². The van der Waals surface area contributed by atoms with Gasteiger partial charge in [-0.05, 0) is 31.7 Å². The molecule has 2 atom stereocenters. The Kier molecular flexibility index (Phi) is 8.38. The highest BCUT2D eigenvalue weighted by Crippen LogP contribution is 2.05. The number of rotatable bonds is 8. The van der Waals surface area contributed by atoms with Gasteiger partial charge in [0.1, 0.15) is 0 Å². The van der Waals surface area contributed by atoms with Crippen LogP contribution in [-0.2, 0) is 4.79 Å². The third-order valence-electron chi connectivity index (χ3n) is 2.74. The maximum atomic E-state index is 11.5. The maximum Gasteiger partial charge on any atom is 0.222 e. The van der Waals surface area contributed by atoms with E-state index in [4.69, 9.17) is 5.73 Å². The van der Waals surface area contributed by atoms with E-state index >= 15 is 0 Å². The molecule has 0 aromatic heterocycles. The van der Waals surface area contributed by atoms with Crippen molar-refractivity contribution >= 4 is 5.91 Å². The summed E-state index contributed by atoms with van der Waals surface area (Å²) in [5, 5.41) is 2.97. The Morgan fingerprint density at radius 1 is 1.33 bits per heavy atom. The minimum absolute atomic E-state index is 0.155. The van der Waals surface area contributed by atoms with Crippen LogP contribution in [0.25, 0.3) is 0 Å². The molecule has 0 aromatic carbocycles. The molecule has 3 N–H and O–H groups in total. The van der Waals surface area contributed by atoms with Gasteiger partial charge in [0, 0.05) is 12.5 Å². The molecule has 15 heavy (non-hydrogen) atoms. The Morgan fingerprint density at radius 3 is 2.53 bits per heavy atom. The first-order valence-corrected chi connectivity index (χ1v) is 6.09. The van der Waals surface area contributed by atoms with Gasteiger partial charge < -0.3 is 11.1 Å².